The topological polar surface area (TPSA) is 119 Å². The highest BCUT2D eigenvalue weighted by Crippen LogP contribution is 2.26. The Morgan fingerprint density at radius 1 is 1.21 bits per heavy atom. The summed E-state index contributed by atoms with van der Waals surface area (Å²) in [6.07, 6.45) is 0.723. The van der Waals surface area contributed by atoms with Crippen molar-refractivity contribution < 1.29 is 17.6 Å². The van der Waals surface area contributed by atoms with Crippen LogP contribution in [0.2, 0.25) is 4.34 Å². The van der Waals surface area contributed by atoms with Gasteiger partial charge < -0.3 is 4.98 Å². The van der Waals surface area contributed by atoms with Gasteiger partial charge in [0.25, 0.3) is 5.56 Å². The lowest BCUT2D eigenvalue weighted by molar-refractivity contribution is -0.116. The van der Waals surface area contributed by atoms with Crippen LogP contribution in [-0.2, 0) is 21.1 Å². The first-order valence-corrected chi connectivity index (χ1v) is 12.3. The number of nitrogens with one attached hydrogen (secondary N) is 1. The number of Topliss-reactive ketones (excluding diaryl/α,β-unsaturated/α-hetero) is 1. The third-order valence-electron chi connectivity index (χ3n) is 4.75. The maximum atomic E-state index is 14.8. The summed E-state index contributed by atoms with van der Waals surface area (Å²) in [5, 5.41) is 0.180. The van der Waals surface area contributed by atoms with Gasteiger partial charge in [0.1, 0.15) is 9.96 Å². The molecule has 1 aromatic carbocycles. The van der Waals surface area contributed by atoms with Gasteiger partial charge in [-0.15, -0.1) is 11.3 Å². The lowest BCUT2D eigenvalue weighted by atomic mass is 10.1. The van der Waals surface area contributed by atoms with Gasteiger partial charge in [0.05, 0.1) is 15.2 Å². The number of carbonyl (C=O) groups is 1. The number of pyridine rings is 1. The molecular weight excluding hydrogens is 493 g/mol. The average molecular weight is 508 g/mol. The molecule has 12 heteroatoms. The number of fused-ring (bicyclic) bond motifs is 1. The second-order valence-corrected chi connectivity index (χ2v) is 11.2. The van der Waals surface area contributed by atoms with Crippen molar-refractivity contribution in [3.8, 4) is 5.82 Å². The van der Waals surface area contributed by atoms with E-state index in [1.165, 1.54) is 18.2 Å². The van der Waals surface area contributed by atoms with E-state index in [1.54, 1.807) is 19.1 Å². The van der Waals surface area contributed by atoms with Crippen LogP contribution in [0.5, 0.6) is 0 Å². The molecule has 0 unspecified atom stereocenters. The zero-order valence-corrected chi connectivity index (χ0v) is 19.4. The summed E-state index contributed by atoms with van der Waals surface area (Å²) in [5.74, 6) is -2.99. The van der Waals surface area contributed by atoms with Crippen molar-refractivity contribution in [2.24, 2.45) is 0 Å². The number of ketones is 1. The van der Waals surface area contributed by atoms with Crippen LogP contribution >= 0.6 is 22.9 Å². The van der Waals surface area contributed by atoms with Gasteiger partial charge in [0.2, 0.25) is 0 Å². The number of nitrogens with zero attached hydrogens (tertiary/aromatic N) is 2. The summed E-state index contributed by atoms with van der Waals surface area (Å²) in [6.45, 7) is 1.80. The first-order chi connectivity index (χ1) is 15.5. The Balaban J connectivity index is 1.62. The molecule has 0 aliphatic carbocycles. The van der Waals surface area contributed by atoms with Gasteiger partial charge in [-0.05, 0) is 48.4 Å². The number of H-pyrrole nitrogens is 1. The van der Waals surface area contributed by atoms with Crippen LogP contribution in [-0.4, -0.2) is 34.5 Å². The quantitative estimate of drug-likeness (QED) is 0.428. The smallest absolute Gasteiger partial charge is 0.306 e. The maximum Gasteiger partial charge on any atom is 0.334 e. The van der Waals surface area contributed by atoms with Gasteiger partial charge in [0, 0.05) is 12.6 Å². The zero-order valence-electron chi connectivity index (χ0n) is 17.0. The Kier molecular flexibility index (Phi) is 6.04. The number of aromatic nitrogens is 3. The Labute approximate surface area is 195 Å². The van der Waals surface area contributed by atoms with E-state index in [1.807, 2.05) is 0 Å². The molecule has 4 rings (SSSR count). The van der Waals surface area contributed by atoms with E-state index in [9.17, 15) is 27.2 Å². The number of sulfone groups is 1. The van der Waals surface area contributed by atoms with Crippen molar-refractivity contribution in [2.45, 2.75) is 17.6 Å². The molecule has 4 aromatic rings. The average Bonchev–Trinajstić information content (AvgIpc) is 3.16. The number of aromatic amines is 1. The molecular formula is C21H15ClFN3O5S2. The van der Waals surface area contributed by atoms with E-state index in [0.717, 1.165) is 29.2 Å². The Morgan fingerprint density at radius 2 is 1.97 bits per heavy atom. The Bertz CT molecular complexity index is 1640. The van der Waals surface area contributed by atoms with Crippen LogP contribution < -0.4 is 11.2 Å². The highest BCUT2D eigenvalue weighted by atomic mass is 35.5. The summed E-state index contributed by atoms with van der Waals surface area (Å²) in [6, 6.07) is 8.50. The van der Waals surface area contributed by atoms with Gasteiger partial charge in [-0.25, -0.2) is 27.2 Å². The highest BCUT2D eigenvalue weighted by molar-refractivity contribution is 7.94. The fourth-order valence-corrected chi connectivity index (χ4v) is 6.09. The normalized spacial score (nSPS) is 11.7. The molecule has 0 atom stereocenters. The largest absolute Gasteiger partial charge is 0.334 e. The first-order valence-electron chi connectivity index (χ1n) is 9.45. The molecule has 0 radical (unpaired) electrons. The monoisotopic (exact) mass is 507 g/mol. The minimum absolute atomic E-state index is 0.0365. The van der Waals surface area contributed by atoms with E-state index in [4.69, 9.17) is 11.6 Å². The minimum atomic E-state index is -3.88. The summed E-state index contributed by atoms with van der Waals surface area (Å²) < 4.78 is 40.3. The van der Waals surface area contributed by atoms with Crippen molar-refractivity contribution in [3.05, 3.63) is 84.7 Å². The first kappa shape index (κ1) is 23.0. The van der Waals surface area contributed by atoms with Crippen LogP contribution in [0.4, 0.5) is 4.39 Å². The van der Waals surface area contributed by atoms with Crippen molar-refractivity contribution in [1.82, 2.24) is 14.5 Å². The zero-order chi connectivity index (χ0) is 23.9. The molecule has 1 N–H and O–H groups in total. The van der Waals surface area contributed by atoms with Crippen LogP contribution in [0, 0.1) is 12.7 Å². The molecule has 0 bridgehead atoms. The fourth-order valence-electron chi connectivity index (χ4n) is 3.28. The Morgan fingerprint density at radius 3 is 2.64 bits per heavy atom. The van der Waals surface area contributed by atoms with Gasteiger partial charge in [-0.3, -0.25) is 9.59 Å². The number of halogens is 2. The molecule has 0 spiro atoms. The van der Waals surface area contributed by atoms with E-state index in [0.29, 0.717) is 10.1 Å². The van der Waals surface area contributed by atoms with Gasteiger partial charge >= 0.3 is 5.69 Å². The molecule has 3 heterocycles. The molecule has 0 saturated carbocycles. The van der Waals surface area contributed by atoms with Crippen LogP contribution in [0.25, 0.3) is 16.7 Å². The van der Waals surface area contributed by atoms with E-state index >= 15 is 0 Å². The number of hydrogen-bond acceptors (Lipinski definition) is 7. The third-order valence-corrected chi connectivity index (χ3v) is 8.24. The summed E-state index contributed by atoms with van der Waals surface area (Å²) in [7, 11) is -3.88. The summed E-state index contributed by atoms with van der Waals surface area (Å²) in [4.78, 5) is 43.9. The molecule has 0 saturated heterocycles. The second-order valence-electron chi connectivity index (χ2n) is 7.30. The number of thiophene rings is 1. The van der Waals surface area contributed by atoms with E-state index in [2.05, 4.69) is 9.97 Å². The van der Waals surface area contributed by atoms with Crippen molar-refractivity contribution in [1.29, 1.82) is 0 Å². The van der Waals surface area contributed by atoms with Gasteiger partial charge in [-0.2, -0.15) is 0 Å². The molecule has 170 valence electrons. The predicted molar refractivity (Wildman–Crippen MR) is 123 cm³/mol. The lowest BCUT2D eigenvalue weighted by Gasteiger charge is -2.08. The van der Waals surface area contributed by atoms with Crippen molar-refractivity contribution in [3.63, 3.8) is 0 Å². The maximum absolute atomic E-state index is 14.8. The van der Waals surface area contributed by atoms with E-state index in [-0.39, 0.29) is 19.5 Å². The number of carbonyl (C=O) groups excluding carboxylic acids is 1. The minimum Gasteiger partial charge on any atom is -0.306 e. The van der Waals surface area contributed by atoms with Crippen LogP contribution in [0.1, 0.15) is 11.1 Å². The molecule has 8 nitrogen and oxygen atoms in total. The molecule has 33 heavy (non-hydrogen) atoms. The van der Waals surface area contributed by atoms with E-state index < -0.39 is 50.7 Å². The highest BCUT2D eigenvalue weighted by Gasteiger charge is 2.22. The van der Waals surface area contributed by atoms with Crippen molar-refractivity contribution in [2.75, 3.05) is 5.75 Å². The Hall–Kier alpha value is -3.15. The molecule has 0 amide bonds. The second kappa shape index (κ2) is 8.65. The number of hydrogen-bond donors (Lipinski definition) is 1. The fraction of sp³-hybridized carbons (Fsp3) is 0.143. The van der Waals surface area contributed by atoms with Crippen molar-refractivity contribution >= 4 is 49.5 Å². The third kappa shape index (κ3) is 4.65. The molecule has 0 fully saturated rings. The van der Waals surface area contributed by atoms with Gasteiger partial charge in [-0.1, -0.05) is 17.7 Å². The summed E-state index contributed by atoms with van der Waals surface area (Å²) in [5.41, 5.74) is -0.366. The lowest BCUT2D eigenvalue weighted by Crippen LogP contribution is -2.35. The molecule has 0 aliphatic rings. The number of benzene rings is 1. The SMILES string of the molecule is Cc1ccc2c(=O)n(-c3ncc(CC(=O)CS(=O)(=O)c4ccc(Cl)s4)cc3F)c(=O)[nH]c2c1. The molecule has 0 aliphatic heterocycles. The standard InChI is InChI=1S/C21H15ClFN3O5S2/c1-11-2-3-14-16(6-11)25-21(29)26(20(14)28)19-15(23)8-12(9-24-19)7-13(27)10-33(30,31)18-5-4-17(22)32-18/h2-6,8-9H,7,10H2,1H3,(H,25,29). The molecule has 3 aromatic heterocycles. The number of aryl methyl sites for hydroxylation is 1. The van der Waals surface area contributed by atoms with Crippen LogP contribution in [0.3, 0.4) is 0 Å². The number of rotatable bonds is 6. The van der Waals surface area contributed by atoms with Crippen LogP contribution in [0.15, 0.2) is 56.4 Å². The summed E-state index contributed by atoms with van der Waals surface area (Å²) >= 11 is 6.58. The predicted octanol–water partition coefficient (Wildman–Crippen LogP) is 2.82. The van der Waals surface area contributed by atoms with Gasteiger partial charge in [0.15, 0.2) is 27.3 Å².